The van der Waals surface area contributed by atoms with E-state index in [-0.39, 0.29) is 24.1 Å². The summed E-state index contributed by atoms with van der Waals surface area (Å²) in [6, 6.07) is 5.04. The largest absolute Gasteiger partial charge is 0.396 e. The van der Waals surface area contributed by atoms with Gasteiger partial charge >= 0.3 is 0 Å². The van der Waals surface area contributed by atoms with Gasteiger partial charge in [-0.15, -0.1) is 0 Å². The second-order valence-electron chi connectivity index (χ2n) is 6.07. The predicted molar refractivity (Wildman–Crippen MR) is 85.5 cm³/mol. The van der Waals surface area contributed by atoms with Crippen LogP contribution >= 0.6 is 0 Å². The summed E-state index contributed by atoms with van der Waals surface area (Å²) in [5.74, 6) is 0.434. The Balaban J connectivity index is 1.85. The number of aryl methyl sites for hydroxylation is 1. The lowest BCUT2D eigenvalue weighted by atomic mass is 9.82. The quantitative estimate of drug-likeness (QED) is 0.805. The molecule has 1 aliphatic rings. The average molecular weight is 306 g/mol. The lowest BCUT2D eigenvalue weighted by Crippen LogP contribution is -2.42. The molecule has 1 amide bonds. The highest BCUT2D eigenvalue weighted by atomic mass is 16.3. The van der Waals surface area contributed by atoms with E-state index in [1.807, 2.05) is 0 Å². The number of rotatable bonds is 7. The molecule has 122 valence electrons. The number of carbonyl (C=O) groups excluding carboxylic acids is 1. The number of nitrogens with zero attached hydrogens (tertiary/aromatic N) is 1. The Morgan fingerprint density at radius 2 is 2.09 bits per heavy atom. The molecule has 2 N–H and O–H groups in total. The Bertz CT molecular complexity index is 521. The molecule has 1 aliphatic carbocycles. The number of hydrogen-bond donors (Lipinski definition) is 2. The molecule has 22 heavy (non-hydrogen) atoms. The zero-order valence-corrected chi connectivity index (χ0v) is 13.0. The van der Waals surface area contributed by atoms with Gasteiger partial charge in [-0.2, -0.15) is 0 Å². The summed E-state index contributed by atoms with van der Waals surface area (Å²) in [7, 11) is 0. The molecule has 5 heteroatoms. The zero-order valence-electron chi connectivity index (χ0n) is 13.0. The minimum atomic E-state index is -0.0884. The van der Waals surface area contributed by atoms with E-state index in [1.54, 1.807) is 22.9 Å². The highest BCUT2D eigenvalue weighted by Gasteiger charge is 2.24. The molecule has 1 aromatic heterocycles. The monoisotopic (exact) mass is 306 g/mol. The number of hydrogen-bond acceptors (Lipinski definition) is 3. The first-order chi connectivity index (χ1) is 10.7. The average Bonchev–Trinajstić information content (AvgIpc) is 2.54. The first kappa shape index (κ1) is 16.7. The molecule has 0 aliphatic heterocycles. The second-order valence-corrected chi connectivity index (χ2v) is 6.07. The molecule has 0 spiro atoms. The van der Waals surface area contributed by atoms with Gasteiger partial charge in [0.1, 0.15) is 0 Å². The molecule has 5 nitrogen and oxygen atoms in total. The van der Waals surface area contributed by atoms with E-state index in [1.165, 1.54) is 25.3 Å². The molecule has 2 rings (SSSR count). The van der Waals surface area contributed by atoms with Crippen molar-refractivity contribution in [2.24, 2.45) is 5.92 Å². The summed E-state index contributed by atoms with van der Waals surface area (Å²) in [4.78, 5) is 23.7. The van der Waals surface area contributed by atoms with Crippen LogP contribution < -0.4 is 10.9 Å². The smallest absolute Gasteiger partial charge is 0.250 e. The van der Waals surface area contributed by atoms with Crippen LogP contribution in [0.15, 0.2) is 29.2 Å². The molecular weight excluding hydrogens is 280 g/mol. The normalized spacial score (nSPS) is 17.1. The zero-order chi connectivity index (χ0) is 15.8. The lowest BCUT2D eigenvalue weighted by molar-refractivity contribution is -0.122. The summed E-state index contributed by atoms with van der Waals surface area (Å²) < 4.78 is 1.54. The maximum absolute atomic E-state index is 12.1. The van der Waals surface area contributed by atoms with Gasteiger partial charge in [0.05, 0.1) is 0 Å². The Hall–Kier alpha value is -1.62. The lowest BCUT2D eigenvalue weighted by Gasteiger charge is -2.30. The number of nitrogens with one attached hydrogen (secondary N) is 1. The van der Waals surface area contributed by atoms with Gasteiger partial charge in [0.15, 0.2) is 0 Å². The van der Waals surface area contributed by atoms with Crippen molar-refractivity contribution in [2.45, 2.75) is 57.5 Å². The van der Waals surface area contributed by atoms with Crippen molar-refractivity contribution in [3.63, 3.8) is 0 Å². The molecule has 1 atom stereocenters. The molecule has 0 aromatic carbocycles. The Labute approximate surface area is 131 Å². The van der Waals surface area contributed by atoms with Crippen molar-refractivity contribution >= 4 is 5.91 Å². The van der Waals surface area contributed by atoms with E-state index >= 15 is 0 Å². The van der Waals surface area contributed by atoms with Crippen LogP contribution in [0.25, 0.3) is 0 Å². The van der Waals surface area contributed by atoms with Gasteiger partial charge in [-0.3, -0.25) is 9.59 Å². The molecule has 1 heterocycles. The fourth-order valence-electron chi connectivity index (χ4n) is 3.25. The highest BCUT2D eigenvalue weighted by Crippen LogP contribution is 2.27. The molecule has 0 saturated heterocycles. The van der Waals surface area contributed by atoms with Crippen molar-refractivity contribution in [3.05, 3.63) is 34.7 Å². The SMILES string of the molecule is O=C(CCn1ccccc1=O)NC(CCO)C1CCCCC1. The van der Waals surface area contributed by atoms with Gasteiger partial charge in [0.2, 0.25) is 5.91 Å². The number of aromatic nitrogens is 1. The maximum atomic E-state index is 12.1. The van der Waals surface area contributed by atoms with Crippen LogP contribution in [0.5, 0.6) is 0 Å². The van der Waals surface area contributed by atoms with E-state index in [0.29, 0.717) is 25.3 Å². The van der Waals surface area contributed by atoms with Crippen LogP contribution in [0.1, 0.15) is 44.9 Å². The standard InChI is InChI=1S/C17H26N2O3/c20-13-10-15(14-6-2-1-3-7-14)18-16(21)9-12-19-11-5-4-8-17(19)22/h4-5,8,11,14-15,20H,1-3,6-7,9-10,12-13H2,(H,18,21). The van der Waals surface area contributed by atoms with E-state index in [9.17, 15) is 14.7 Å². The Morgan fingerprint density at radius 3 is 2.77 bits per heavy atom. The fraction of sp³-hybridized carbons (Fsp3) is 0.647. The number of aliphatic hydroxyl groups excluding tert-OH is 1. The molecular formula is C17H26N2O3. The van der Waals surface area contributed by atoms with Crippen molar-refractivity contribution in [2.75, 3.05) is 6.61 Å². The Morgan fingerprint density at radius 1 is 1.32 bits per heavy atom. The minimum absolute atomic E-state index is 0.0419. The summed E-state index contributed by atoms with van der Waals surface area (Å²) in [6.07, 6.45) is 8.55. The van der Waals surface area contributed by atoms with Crippen LogP contribution in [-0.4, -0.2) is 28.2 Å². The molecule has 1 fully saturated rings. The van der Waals surface area contributed by atoms with Gasteiger partial charge < -0.3 is 15.0 Å². The van der Waals surface area contributed by atoms with Crippen molar-refractivity contribution in [1.29, 1.82) is 0 Å². The first-order valence-electron chi connectivity index (χ1n) is 8.26. The van der Waals surface area contributed by atoms with E-state index in [0.717, 1.165) is 12.8 Å². The topological polar surface area (TPSA) is 71.3 Å². The number of pyridine rings is 1. The minimum Gasteiger partial charge on any atom is -0.396 e. The molecule has 1 saturated carbocycles. The van der Waals surface area contributed by atoms with Crippen LogP contribution in [0.4, 0.5) is 0 Å². The predicted octanol–water partition coefficient (Wildman–Crippen LogP) is 1.69. The summed E-state index contributed by atoms with van der Waals surface area (Å²) in [5.41, 5.74) is -0.0884. The Kier molecular flexibility index (Phi) is 6.65. The third kappa shape index (κ3) is 4.98. The summed E-state index contributed by atoms with van der Waals surface area (Å²) in [6.45, 7) is 0.488. The fourth-order valence-corrected chi connectivity index (χ4v) is 3.25. The molecule has 0 bridgehead atoms. The van der Waals surface area contributed by atoms with Crippen LogP contribution in [0.3, 0.4) is 0 Å². The van der Waals surface area contributed by atoms with Gasteiger partial charge in [0, 0.05) is 37.9 Å². The summed E-state index contributed by atoms with van der Waals surface area (Å²) in [5, 5.41) is 12.3. The van der Waals surface area contributed by atoms with Crippen molar-refractivity contribution in [3.8, 4) is 0 Å². The number of amides is 1. The van der Waals surface area contributed by atoms with Crippen LogP contribution in [0, 0.1) is 5.92 Å². The number of carbonyl (C=O) groups is 1. The van der Waals surface area contributed by atoms with Gasteiger partial charge in [0.25, 0.3) is 5.56 Å². The number of aliphatic hydroxyl groups is 1. The molecule has 0 radical (unpaired) electrons. The first-order valence-corrected chi connectivity index (χ1v) is 8.26. The van der Waals surface area contributed by atoms with E-state index < -0.39 is 0 Å². The van der Waals surface area contributed by atoms with Gasteiger partial charge in [-0.1, -0.05) is 25.3 Å². The van der Waals surface area contributed by atoms with E-state index in [4.69, 9.17) is 0 Å². The molecule has 1 aromatic rings. The van der Waals surface area contributed by atoms with E-state index in [2.05, 4.69) is 5.32 Å². The van der Waals surface area contributed by atoms with Gasteiger partial charge in [-0.05, 0) is 31.2 Å². The second kappa shape index (κ2) is 8.73. The van der Waals surface area contributed by atoms with Crippen LogP contribution in [-0.2, 0) is 11.3 Å². The third-order valence-electron chi connectivity index (χ3n) is 4.48. The maximum Gasteiger partial charge on any atom is 0.250 e. The third-order valence-corrected chi connectivity index (χ3v) is 4.48. The highest BCUT2D eigenvalue weighted by molar-refractivity contribution is 5.76. The van der Waals surface area contributed by atoms with Crippen molar-refractivity contribution < 1.29 is 9.90 Å². The van der Waals surface area contributed by atoms with Crippen molar-refractivity contribution in [1.82, 2.24) is 9.88 Å². The summed E-state index contributed by atoms with van der Waals surface area (Å²) >= 11 is 0. The van der Waals surface area contributed by atoms with Gasteiger partial charge in [-0.25, -0.2) is 0 Å². The van der Waals surface area contributed by atoms with Crippen LogP contribution in [0.2, 0.25) is 0 Å². The molecule has 1 unspecified atom stereocenters.